The van der Waals surface area contributed by atoms with Gasteiger partial charge in [-0.3, -0.25) is 4.79 Å². The molecule has 1 aromatic rings. The molecule has 1 rings (SSSR count). The summed E-state index contributed by atoms with van der Waals surface area (Å²) in [6, 6.07) is 6.27. The van der Waals surface area contributed by atoms with Crippen LogP contribution in [0.25, 0.3) is 0 Å². The standard InChI is InChI=1S/C10H14N2O3/c1-15-9(6-11)10(14)12-7-3-2-4-8(13)5-7/h2-5,9,13H,6,11H2,1H3,(H,12,14). The van der Waals surface area contributed by atoms with Crippen LogP contribution in [0.1, 0.15) is 0 Å². The van der Waals surface area contributed by atoms with Gasteiger partial charge in [-0.1, -0.05) is 6.07 Å². The minimum atomic E-state index is -0.674. The van der Waals surface area contributed by atoms with Crippen molar-refractivity contribution in [1.29, 1.82) is 0 Å². The minimum absolute atomic E-state index is 0.0921. The number of rotatable bonds is 4. The van der Waals surface area contributed by atoms with Crippen LogP contribution in [0, 0.1) is 0 Å². The summed E-state index contributed by atoms with van der Waals surface area (Å²) in [7, 11) is 1.42. The van der Waals surface area contributed by atoms with Crippen LogP contribution in [0.2, 0.25) is 0 Å². The van der Waals surface area contributed by atoms with Gasteiger partial charge in [-0.2, -0.15) is 0 Å². The van der Waals surface area contributed by atoms with Gasteiger partial charge in [0.1, 0.15) is 11.9 Å². The second-order valence-corrected chi connectivity index (χ2v) is 3.00. The molecule has 1 atom stereocenters. The van der Waals surface area contributed by atoms with Crippen LogP contribution in [0.5, 0.6) is 5.75 Å². The lowest BCUT2D eigenvalue weighted by atomic mass is 10.2. The largest absolute Gasteiger partial charge is 0.508 e. The van der Waals surface area contributed by atoms with E-state index in [0.717, 1.165) is 0 Å². The molecule has 0 heterocycles. The summed E-state index contributed by atoms with van der Waals surface area (Å²) in [5.41, 5.74) is 5.84. The average molecular weight is 210 g/mol. The lowest BCUT2D eigenvalue weighted by molar-refractivity contribution is -0.125. The molecular formula is C10H14N2O3. The Kier molecular flexibility index (Phi) is 4.08. The van der Waals surface area contributed by atoms with E-state index >= 15 is 0 Å². The number of aromatic hydroxyl groups is 1. The molecule has 0 fully saturated rings. The van der Waals surface area contributed by atoms with E-state index in [1.54, 1.807) is 12.1 Å². The van der Waals surface area contributed by atoms with Crippen LogP contribution in [-0.2, 0) is 9.53 Å². The van der Waals surface area contributed by atoms with Gasteiger partial charge in [-0.05, 0) is 12.1 Å². The van der Waals surface area contributed by atoms with Crippen molar-refractivity contribution in [3.8, 4) is 5.75 Å². The average Bonchev–Trinajstić information content (AvgIpc) is 2.19. The molecule has 0 saturated heterocycles. The number of amides is 1. The fraction of sp³-hybridized carbons (Fsp3) is 0.300. The maximum Gasteiger partial charge on any atom is 0.254 e. The molecule has 4 N–H and O–H groups in total. The number of carbonyl (C=O) groups excluding carboxylic acids is 1. The van der Waals surface area contributed by atoms with Gasteiger partial charge < -0.3 is 20.9 Å². The molecular weight excluding hydrogens is 196 g/mol. The van der Waals surface area contributed by atoms with Crippen LogP contribution >= 0.6 is 0 Å². The van der Waals surface area contributed by atoms with Crippen LogP contribution in [-0.4, -0.2) is 30.8 Å². The molecule has 0 aliphatic rings. The summed E-state index contributed by atoms with van der Waals surface area (Å²) in [6.45, 7) is 0.112. The second kappa shape index (κ2) is 5.33. The fourth-order valence-corrected chi connectivity index (χ4v) is 1.12. The van der Waals surface area contributed by atoms with E-state index in [0.29, 0.717) is 5.69 Å². The first kappa shape index (κ1) is 11.5. The fourth-order valence-electron chi connectivity index (χ4n) is 1.12. The molecule has 0 aromatic heterocycles. The van der Waals surface area contributed by atoms with Gasteiger partial charge in [0.25, 0.3) is 5.91 Å². The van der Waals surface area contributed by atoms with E-state index in [2.05, 4.69) is 5.32 Å². The monoisotopic (exact) mass is 210 g/mol. The van der Waals surface area contributed by atoms with E-state index in [1.165, 1.54) is 19.2 Å². The zero-order valence-corrected chi connectivity index (χ0v) is 8.43. The number of anilines is 1. The normalized spacial score (nSPS) is 12.1. The number of nitrogens with two attached hydrogens (primary N) is 1. The highest BCUT2D eigenvalue weighted by Crippen LogP contribution is 2.15. The number of nitrogens with one attached hydrogen (secondary N) is 1. The zero-order valence-electron chi connectivity index (χ0n) is 8.43. The topological polar surface area (TPSA) is 84.6 Å². The van der Waals surface area contributed by atoms with E-state index < -0.39 is 6.10 Å². The van der Waals surface area contributed by atoms with Gasteiger partial charge >= 0.3 is 0 Å². The zero-order chi connectivity index (χ0) is 11.3. The van der Waals surface area contributed by atoms with Crippen molar-refractivity contribution >= 4 is 11.6 Å². The molecule has 1 aromatic carbocycles. The Bertz CT molecular complexity index is 337. The predicted octanol–water partition coefficient (Wildman–Crippen LogP) is 0.304. The molecule has 0 aliphatic heterocycles. The third-order valence-electron chi connectivity index (χ3n) is 1.90. The third-order valence-corrected chi connectivity index (χ3v) is 1.90. The van der Waals surface area contributed by atoms with Crippen LogP contribution in [0.3, 0.4) is 0 Å². The van der Waals surface area contributed by atoms with Gasteiger partial charge in [0, 0.05) is 25.4 Å². The number of hydrogen-bond donors (Lipinski definition) is 3. The highest BCUT2D eigenvalue weighted by Gasteiger charge is 2.15. The first-order valence-electron chi connectivity index (χ1n) is 4.50. The van der Waals surface area contributed by atoms with Crippen molar-refractivity contribution in [2.24, 2.45) is 5.73 Å². The highest BCUT2D eigenvalue weighted by atomic mass is 16.5. The van der Waals surface area contributed by atoms with Crippen molar-refractivity contribution in [3.63, 3.8) is 0 Å². The Balaban J connectivity index is 2.65. The van der Waals surface area contributed by atoms with E-state index in [9.17, 15) is 9.90 Å². The summed E-state index contributed by atoms with van der Waals surface area (Å²) in [4.78, 5) is 11.5. The van der Waals surface area contributed by atoms with Crippen LogP contribution < -0.4 is 11.1 Å². The SMILES string of the molecule is COC(CN)C(=O)Nc1cccc(O)c1. The predicted molar refractivity (Wildman–Crippen MR) is 56.6 cm³/mol. The molecule has 1 amide bonds. The summed E-state index contributed by atoms with van der Waals surface area (Å²) in [5.74, 6) is -0.236. The number of phenolic OH excluding ortho intramolecular Hbond substituents is 1. The molecule has 5 nitrogen and oxygen atoms in total. The highest BCUT2D eigenvalue weighted by molar-refractivity contribution is 5.94. The van der Waals surface area contributed by atoms with Crippen molar-refractivity contribution in [2.75, 3.05) is 19.0 Å². The molecule has 0 aliphatic carbocycles. The quantitative estimate of drug-likeness (QED) is 0.667. The summed E-state index contributed by atoms with van der Waals surface area (Å²) in [5, 5.41) is 11.8. The Labute approximate surface area is 87.9 Å². The molecule has 0 spiro atoms. The molecule has 82 valence electrons. The van der Waals surface area contributed by atoms with Gasteiger partial charge in [0.05, 0.1) is 0 Å². The summed E-state index contributed by atoms with van der Waals surface area (Å²) >= 11 is 0. The Hall–Kier alpha value is -1.59. The lowest BCUT2D eigenvalue weighted by Crippen LogP contribution is -2.35. The number of phenols is 1. The molecule has 0 saturated carbocycles. The smallest absolute Gasteiger partial charge is 0.254 e. The summed E-state index contributed by atoms with van der Waals surface area (Å²) < 4.78 is 4.86. The minimum Gasteiger partial charge on any atom is -0.508 e. The van der Waals surface area contributed by atoms with E-state index in [-0.39, 0.29) is 18.2 Å². The Morgan fingerprint density at radius 1 is 1.67 bits per heavy atom. The first-order chi connectivity index (χ1) is 7.17. The number of benzene rings is 1. The van der Waals surface area contributed by atoms with Crippen molar-refractivity contribution in [1.82, 2.24) is 0 Å². The van der Waals surface area contributed by atoms with Gasteiger partial charge in [-0.15, -0.1) is 0 Å². The Morgan fingerprint density at radius 3 is 2.93 bits per heavy atom. The second-order valence-electron chi connectivity index (χ2n) is 3.00. The van der Waals surface area contributed by atoms with Crippen molar-refractivity contribution in [3.05, 3.63) is 24.3 Å². The van der Waals surface area contributed by atoms with Gasteiger partial charge in [0.15, 0.2) is 0 Å². The molecule has 0 radical (unpaired) electrons. The number of carbonyl (C=O) groups is 1. The third kappa shape index (κ3) is 3.23. The molecule has 15 heavy (non-hydrogen) atoms. The number of hydrogen-bond acceptors (Lipinski definition) is 4. The molecule has 0 bridgehead atoms. The Morgan fingerprint density at radius 2 is 2.40 bits per heavy atom. The number of ether oxygens (including phenoxy) is 1. The first-order valence-corrected chi connectivity index (χ1v) is 4.50. The molecule has 5 heteroatoms. The van der Waals surface area contributed by atoms with E-state index in [1.807, 2.05) is 0 Å². The van der Waals surface area contributed by atoms with Crippen molar-refractivity contribution < 1.29 is 14.6 Å². The van der Waals surface area contributed by atoms with E-state index in [4.69, 9.17) is 10.5 Å². The maximum atomic E-state index is 11.5. The van der Waals surface area contributed by atoms with Crippen molar-refractivity contribution in [2.45, 2.75) is 6.10 Å². The van der Waals surface area contributed by atoms with Crippen LogP contribution in [0.15, 0.2) is 24.3 Å². The maximum absolute atomic E-state index is 11.5. The van der Waals surface area contributed by atoms with Crippen LogP contribution in [0.4, 0.5) is 5.69 Å². The van der Waals surface area contributed by atoms with Gasteiger partial charge in [0.2, 0.25) is 0 Å². The van der Waals surface area contributed by atoms with Gasteiger partial charge in [-0.25, -0.2) is 0 Å². The molecule has 1 unspecified atom stereocenters. The lowest BCUT2D eigenvalue weighted by Gasteiger charge is -2.12. The summed E-state index contributed by atoms with van der Waals surface area (Å²) in [6.07, 6.45) is -0.674. The number of methoxy groups -OCH3 is 1.